The Labute approximate surface area is 163 Å². The second kappa shape index (κ2) is 7.59. The van der Waals surface area contributed by atoms with Crippen LogP contribution in [0.3, 0.4) is 0 Å². The minimum Gasteiger partial charge on any atom is -0.482 e. The molecule has 0 spiro atoms. The number of benzene rings is 2. The van der Waals surface area contributed by atoms with Gasteiger partial charge in [-0.3, -0.25) is 4.79 Å². The van der Waals surface area contributed by atoms with Gasteiger partial charge in [0.15, 0.2) is 6.61 Å². The number of amides is 3. The Balaban J connectivity index is 1.67. The Morgan fingerprint density at radius 2 is 1.96 bits per heavy atom. The summed E-state index contributed by atoms with van der Waals surface area (Å²) in [4.78, 5) is 25.0. The van der Waals surface area contributed by atoms with Crippen molar-refractivity contribution in [3.63, 3.8) is 0 Å². The number of carbonyl (C=O) groups excluding carboxylic acids is 2. The number of fused-ring (bicyclic) bond motifs is 1. The minimum atomic E-state index is -4.41. The van der Waals surface area contributed by atoms with Gasteiger partial charge in [-0.2, -0.15) is 13.2 Å². The van der Waals surface area contributed by atoms with E-state index in [2.05, 4.69) is 10.6 Å². The largest absolute Gasteiger partial charge is 0.482 e. The number of nitrogens with one attached hydrogen (secondary N) is 2. The van der Waals surface area contributed by atoms with Gasteiger partial charge in [-0.25, -0.2) is 4.79 Å². The van der Waals surface area contributed by atoms with Crippen LogP contribution in [0, 0.1) is 0 Å². The quantitative estimate of drug-likeness (QED) is 0.785. The fraction of sp³-hybridized carbons (Fsp3) is 0.222. The van der Waals surface area contributed by atoms with Crippen LogP contribution in [0.1, 0.15) is 11.1 Å². The fourth-order valence-electron chi connectivity index (χ4n) is 2.55. The van der Waals surface area contributed by atoms with E-state index in [1.807, 2.05) is 0 Å². The highest BCUT2D eigenvalue weighted by Gasteiger charge is 2.30. The van der Waals surface area contributed by atoms with Crippen molar-refractivity contribution in [3.8, 4) is 5.75 Å². The number of hydrogen-bond donors (Lipinski definition) is 2. The average Bonchev–Trinajstić information content (AvgIpc) is 2.62. The summed E-state index contributed by atoms with van der Waals surface area (Å²) in [6.07, 6.45) is -4.41. The van der Waals surface area contributed by atoms with Crippen molar-refractivity contribution in [2.75, 3.05) is 24.3 Å². The molecule has 3 amide bonds. The predicted molar refractivity (Wildman–Crippen MR) is 97.5 cm³/mol. The Kier molecular flexibility index (Phi) is 5.37. The van der Waals surface area contributed by atoms with E-state index < -0.39 is 17.8 Å². The first kappa shape index (κ1) is 19.8. The van der Waals surface area contributed by atoms with E-state index in [0.717, 1.165) is 12.1 Å². The molecule has 0 atom stereocenters. The Morgan fingerprint density at radius 1 is 1.29 bits per heavy atom. The normalized spacial score (nSPS) is 13.2. The Hall–Kier alpha value is -2.94. The lowest BCUT2D eigenvalue weighted by Crippen LogP contribution is -2.31. The summed E-state index contributed by atoms with van der Waals surface area (Å²) in [6, 6.07) is 6.99. The molecule has 0 radical (unpaired) electrons. The van der Waals surface area contributed by atoms with Crippen LogP contribution < -0.4 is 15.4 Å². The standard InChI is InChI=1S/C18H15ClF3N3O3/c1-25(8-10-2-4-11(5-3-10)18(20,21)22)17(27)24-13-7-15-14(6-12(13)19)23-16(26)9-28-15/h2-7H,8-9H2,1H3,(H,23,26)(H,24,27). The lowest BCUT2D eigenvalue weighted by Gasteiger charge is -2.22. The first-order valence-corrected chi connectivity index (χ1v) is 8.46. The molecule has 28 heavy (non-hydrogen) atoms. The Morgan fingerprint density at radius 3 is 2.61 bits per heavy atom. The molecule has 148 valence electrons. The molecule has 1 heterocycles. The van der Waals surface area contributed by atoms with Gasteiger partial charge in [0.05, 0.1) is 22.0 Å². The van der Waals surface area contributed by atoms with Gasteiger partial charge in [0.2, 0.25) is 0 Å². The second-order valence-corrected chi connectivity index (χ2v) is 6.55. The first-order valence-electron chi connectivity index (χ1n) is 8.08. The maximum atomic E-state index is 12.6. The van der Waals surface area contributed by atoms with E-state index in [1.54, 1.807) is 0 Å². The number of alkyl halides is 3. The van der Waals surface area contributed by atoms with E-state index in [1.165, 1.54) is 36.2 Å². The number of carbonyl (C=O) groups is 2. The lowest BCUT2D eigenvalue weighted by atomic mass is 10.1. The van der Waals surface area contributed by atoms with Crippen LogP contribution in [-0.2, 0) is 17.5 Å². The highest BCUT2D eigenvalue weighted by molar-refractivity contribution is 6.34. The zero-order chi connectivity index (χ0) is 20.5. The van der Waals surface area contributed by atoms with Gasteiger partial charge >= 0.3 is 12.2 Å². The zero-order valence-corrected chi connectivity index (χ0v) is 15.3. The molecule has 2 aromatic rings. The van der Waals surface area contributed by atoms with Crippen LogP contribution in [0.5, 0.6) is 5.75 Å². The molecule has 0 aromatic heterocycles. The number of nitrogens with zero attached hydrogens (tertiary/aromatic N) is 1. The molecule has 1 aliphatic heterocycles. The predicted octanol–water partition coefficient (Wildman–Crippen LogP) is 4.35. The molecule has 1 aliphatic rings. The molecule has 2 N–H and O–H groups in total. The van der Waals surface area contributed by atoms with E-state index in [-0.39, 0.29) is 29.8 Å². The van der Waals surface area contributed by atoms with Crippen LogP contribution in [0.15, 0.2) is 36.4 Å². The number of anilines is 2. The van der Waals surface area contributed by atoms with Gasteiger partial charge in [0.25, 0.3) is 5.91 Å². The third kappa shape index (κ3) is 4.48. The van der Waals surface area contributed by atoms with Crippen molar-refractivity contribution in [2.24, 2.45) is 0 Å². The van der Waals surface area contributed by atoms with Crippen LogP contribution >= 0.6 is 11.6 Å². The van der Waals surface area contributed by atoms with Crippen molar-refractivity contribution in [2.45, 2.75) is 12.7 Å². The van der Waals surface area contributed by atoms with Gasteiger partial charge < -0.3 is 20.3 Å². The molecule has 6 nitrogen and oxygen atoms in total. The summed E-state index contributed by atoms with van der Waals surface area (Å²) in [6.45, 7) is -0.0467. The van der Waals surface area contributed by atoms with Crippen molar-refractivity contribution in [3.05, 3.63) is 52.5 Å². The summed E-state index contributed by atoms with van der Waals surface area (Å²) in [5, 5.41) is 5.40. The number of rotatable bonds is 3. The van der Waals surface area contributed by atoms with Crippen LogP contribution in [0.25, 0.3) is 0 Å². The number of ether oxygens (including phenoxy) is 1. The molecule has 3 rings (SSSR count). The molecular formula is C18H15ClF3N3O3. The van der Waals surface area contributed by atoms with Crippen molar-refractivity contribution < 1.29 is 27.5 Å². The minimum absolute atomic E-state index is 0.0963. The summed E-state index contributed by atoms with van der Waals surface area (Å²) >= 11 is 6.13. The van der Waals surface area contributed by atoms with Crippen LogP contribution in [-0.4, -0.2) is 30.5 Å². The molecular weight excluding hydrogens is 399 g/mol. The number of hydrogen-bond acceptors (Lipinski definition) is 3. The third-order valence-electron chi connectivity index (χ3n) is 3.99. The molecule has 0 bridgehead atoms. The average molecular weight is 414 g/mol. The molecule has 2 aromatic carbocycles. The maximum absolute atomic E-state index is 12.6. The van der Waals surface area contributed by atoms with Crippen molar-refractivity contribution in [1.29, 1.82) is 0 Å². The van der Waals surface area contributed by atoms with Crippen LogP contribution in [0.2, 0.25) is 5.02 Å². The Bertz CT molecular complexity index is 917. The third-order valence-corrected chi connectivity index (χ3v) is 4.30. The van der Waals surface area contributed by atoms with E-state index in [4.69, 9.17) is 16.3 Å². The highest BCUT2D eigenvalue weighted by Crippen LogP contribution is 2.36. The van der Waals surface area contributed by atoms with E-state index in [0.29, 0.717) is 17.0 Å². The van der Waals surface area contributed by atoms with Gasteiger partial charge in [0.1, 0.15) is 5.75 Å². The van der Waals surface area contributed by atoms with Crippen molar-refractivity contribution >= 4 is 34.9 Å². The van der Waals surface area contributed by atoms with Gasteiger partial charge in [-0.05, 0) is 23.8 Å². The second-order valence-electron chi connectivity index (χ2n) is 6.15. The van der Waals surface area contributed by atoms with Crippen molar-refractivity contribution in [1.82, 2.24) is 4.90 Å². The first-order chi connectivity index (χ1) is 13.1. The SMILES string of the molecule is CN(Cc1ccc(C(F)(F)F)cc1)C(=O)Nc1cc2c(cc1Cl)NC(=O)CO2. The summed E-state index contributed by atoms with van der Waals surface area (Å²) in [5.74, 6) is 0.0568. The summed E-state index contributed by atoms with van der Waals surface area (Å²) < 4.78 is 43.1. The maximum Gasteiger partial charge on any atom is 0.416 e. The molecule has 0 unspecified atom stereocenters. The van der Waals surface area contributed by atoms with E-state index >= 15 is 0 Å². The number of halogens is 4. The summed E-state index contributed by atoms with van der Waals surface area (Å²) in [7, 11) is 1.50. The molecule has 0 aliphatic carbocycles. The fourth-order valence-corrected chi connectivity index (χ4v) is 2.76. The smallest absolute Gasteiger partial charge is 0.416 e. The molecule has 10 heteroatoms. The topological polar surface area (TPSA) is 70.7 Å². The van der Waals surface area contributed by atoms with Crippen LogP contribution in [0.4, 0.5) is 29.3 Å². The molecule has 0 saturated heterocycles. The lowest BCUT2D eigenvalue weighted by molar-refractivity contribution is -0.137. The number of urea groups is 1. The zero-order valence-electron chi connectivity index (χ0n) is 14.6. The summed E-state index contributed by atoms with van der Waals surface area (Å²) in [5.41, 5.74) is 0.461. The van der Waals surface area contributed by atoms with Gasteiger partial charge in [-0.15, -0.1) is 0 Å². The highest BCUT2D eigenvalue weighted by atomic mass is 35.5. The monoisotopic (exact) mass is 413 g/mol. The van der Waals surface area contributed by atoms with Gasteiger partial charge in [0, 0.05) is 19.7 Å². The molecule has 0 fully saturated rings. The molecule has 0 saturated carbocycles. The van der Waals surface area contributed by atoms with Gasteiger partial charge in [-0.1, -0.05) is 23.7 Å². The van der Waals surface area contributed by atoms with E-state index in [9.17, 15) is 22.8 Å².